The average Bonchev–Trinajstić information content (AvgIpc) is 2.38. The molecule has 0 atom stereocenters. The van der Waals surface area contributed by atoms with Crippen LogP contribution in [0.25, 0.3) is 0 Å². The molecule has 2 nitrogen and oxygen atoms in total. The minimum absolute atomic E-state index is 0.0954. The fraction of sp³-hybridized carbons (Fsp3) is 0.562. The molecule has 1 aliphatic heterocycles. The minimum atomic E-state index is 0.0954. The lowest BCUT2D eigenvalue weighted by atomic mass is 9.86. The highest BCUT2D eigenvalue weighted by atomic mass is 16.2. The van der Waals surface area contributed by atoms with Gasteiger partial charge < -0.3 is 4.90 Å². The quantitative estimate of drug-likeness (QED) is 0.740. The Labute approximate surface area is 110 Å². The first kappa shape index (κ1) is 13.1. The first-order valence-electron chi connectivity index (χ1n) is 6.88. The maximum atomic E-state index is 12.4. The van der Waals surface area contributed by atoms with Gasteiger partial charge in [-0.15, -0.1) is 0 Å². The summed E-state index contributed by atoms with van der Waals surface area (Å²) in [4.78, 5) is 14.4. The Morgan fingerprint density at radius 3 is 2.39 bits per heavy atom. The van der Waals surface area contributed by atoms with E-state index in [9.17, 15) is 4.79 Å². The van der Waals surface area contributed by atoms with E-state index in [-0.39, 0.29) is 11.3 Å². The number of piperidine rings is 1. The molecule has 0 spiro atoms. The first-order chi connectivity index (χ1) is 8.48. The molecule has 1 aliphatic rings. The van der Waals surface area contributed by atoms with Gasteiger partial charge in [-0.3, -0.25) is 4.79 Å². The number of nitrogens with zero attached hydrogens (tertiary/aromatic N) is 1. The van der Waals surface area contributed by atoms with Gasteiger partial charge in [-0.2, -0.15) is 0 Å². The zero-order valence-electron chi connectivity index (χ0n) is 11.7. The third-order valence-corrected chi connectivity index (χ3v) is 3.62. The number of benzene rings is 1. The van der Waals surface area contributed by atoms with E-state index in [1.807, 2.05) is 17.0 Å². The number of amides is 1. The van der Waals surface area contributed by atoms with Gasteiger partial charge >= 0.3 is 0 Å². The first-order valence-corrected chi connectivity index (χ1v) is 6.88. The van der Waals surface area contributed by atoms with Crippen molar-refractivity contribution < 1.29 is 4.79 Å². The van der Waals surface area contributed by atoms with Crippen molar-refractivity contribution in [3.05, 3.63) is 35.4 Å². The molecule has 0 aliphatic carbocycles. The van der Waals surface area contributed by atoms with E-state index in [4.69, 9.17) is 0 Å². The topological polar surface area (TPSA) is 20.3 Å². The summed E-state index contributed by atoms with van der Waals surface area (Å²) in [7, 11) is 0. The number of likely N-dealkylation sites (tertiary alicyclic amines) is 1. The summed E-state index contributed by atoms with van der Waals surface area (Å²) < 4.78 is 0. The second-order valence-electron chi connectivity index (χ2n) is 6.18. The molecule has 1 aromatic carbocycles. The molecule has 0 aromatic heterocycles. The van der Waals surface area contributed by atoms with Crippen LogP contribution in [0.4, 0.5) is 0 Å². The number of hydrogen-bond acceptors (Lipinski definition) is 1. The normalized spacial score (nSPS) is 16.7. The number of carbonyl (C=O) groups is 1. The van der Waals surface area contributed by atoms with Crippen molar-refractivity contribution in [3.63, 3.8) is 0 Å². The lowest BCUT2D eigenvalue weighted by Gasteiger charge is -2.27. The zero-order chi connectivity index (χ0) is 13.2. The van der Waals surface area contributed by atoms with Gasteiger partial charge in [0.1, 0.15) is 0 Å². The van der Waals surface area contributed by atoms with Crippen LogP contribution in [-0.2, 0) is 5.41 Å². The molecule has 0 N–H and O–H groups in total. The van der Waals surface area contributed by atoms with Gasteiger partial charge in [0, 0.05) is 18.7 Å². The molecule has 0 unspecified atom stereocenters. The van der Waals surface area contributed by atoms with Crippen LogP contribution in [-0.4, -0.2) is 23.9 Å². The third kappa shape index (κ3) is 2.92. The Bertz CT molecular complexity index is 425. The van der Waals surface area contributed by atoms with Crippen molar-refractivity contribution in [2.24, 2.45) is 0 Å². The lowest BCUT2D eigenvalue weighted by molar-refractivity contribution is 0.0724. The van der Waals surface area contributed by atoms with Crippen LogP contribution in [0.2, 0.25) is 0 Å². The molecule has 0 bridgehead atoms. The SMILES string of the molecule is CC(C)(C)c1cccc(C(=O)N2CCCCC2)c1. The van der Waals surface area contributed by atoms with Crippen LogP contribution < -0.4 is 0 Å². The summed E-state index contributed by atoms with van der Waals surface area (Å²) in [6.45, 7) is 8.36. The summed E-state index contributed by atoms with van der Waals surface area (Å²) in [6, 6.07) is 8.09. The molecule has 98 valence electrons. The summed E-state index contributed by atoms with van der Waals surface area (Å²) in [5.41, 5.74) is 2.16. The Morgan fingerprint density at radius 1 is 1.11 bits per heavy atom. The standard InChI is InChI=1S/C16H23NO/c1-16(2,3)14-9-7-8-13(12-14)15(18)17-10-5-4-6-11-17/h7-9,12H,4-6,10-11H2,1-3H3. The number of hydrogen-bond donors (Lipinski definition) is 0. The molecule has 2 heteroatoms. The molecule has 1 aromatic rings. The van der Waals surface area contributed by atoms with Crippen LogP contribution in [0, 0.1) is 0 Å². The number of rotatable bonds is 1. The third-order valence-electron chi connectivity index (χ3n) is 3.62. The van der Waals surface area contributed by atoms with Crippen molar-refractivity contribution in [1.29, 1.82) is 0 Å². The zero-order valence-corrected chi connectivity index (χ0v) is 11.7. The largest absolute Gasteiger partial charge is 0.339 e. The van der Waals surface area contributed by atoms with Gasteiger partial charge in [0.25, 0.3) is 5.91 Å². The van der Waals surface area contributed by atoms with E-state index in [1.54, 1.807) is 0 Å². The lowest BCUT2D eigenvalue weighted by Crippen LogP contribution is -2.35. The highest BCUT2D eigenvalue weighted by molar-refractivity contribution is 5.94. The fourth-order valence-corrected chi connectivity index (χ4v) is 2.40. The van der Waals surface area contributed by atoms with Crippen LogP contribution in [0.1, 0.15) is 56.0 Å². The van der Waals surface area contributed by atoms with Gasteiger partial charge in [0.2, 0.25) is 0 Å². The van der Waals surface area contributed by atoms with Gasteiger partial charge in [0.15, 0.2) is 0 Å². The Morgan fingerprint density at radius 2 is 1.78 bits per heavy atom. The van der Waals surface area contributed by atoms with Crippen LogP contribution in [0.5, 0.6) is 0 Å². The molecule has 0 saturated carbocycles. The molecular formula is C16H23NO. The van der Waals surface area contributed by atoms with Crippen LogP contribution >= 0.6 is 0 Å². The van der Waals surface area contributed by atoms with Crippen molar-refractivity contribution >= 4 is 5.91 Å². The predicted molar refractivity (Wildman–Crippen MR) is 74.9 cm³/mol. The van der Waals surface area contributed by atoms with E-state index in [1.165, 1.54) is 12.0 Å². The molecule has 0 radical (unpaired) electrons. The van der Waals surface area contributed by atoms with Crippen molar-refractivity contribution in [2.45, 2.75) is 45.4 Å². The van der Waals surface area contributed by atoms with Crippen LogP contribution in [0.15, 0.2) is 24.3 Å². The van der Waals surface area contributed by atoms with Gasteiger partial charge in [-0.25, -0.2) is 0 Å². The molecule has 1 saturated heterocycles. The van der Waals surface area contributed by atoms with Gasteiger partial charge in [0.05, 0.1) is 0 Å². The Kier molecular flexibility index (Phi) is 3.74. The smallest absolute Gasteiger partial charge is 0.253 e. The summed E-state index contributed by atoms with van der Waals surface area (Å²) in [5.74, 6) is 0.195. The summed E-state index contributed by atoms with van der Waals surface area (Å²) >= 11 is 0. The highest BCUT2D eigenvalue weighted by Gasteiger charge is 2.20. The average molecular weight is 245 g/mol. The van der Waals surface area contributed by atoms with Gasteiger partial charge in [-0.05, 0) is 42.4 Å². The molecule has 2 rings (SSSR count). The minimum Gasteiger partial charge on any atom is -0.339 e. The van der Waals surface area contributed by atoms with E-state index in [2.05, 4.69) is 32.9 Å². The second kappa shape index (κ2) is 5.13. The Hall–Kier alpha value is -1.31. The van der Waals surface area contributed by atoms with E-state index >= 15 is 0 Å². The maximum Gasteiger partial charge on any atom is 0.253 e. The predicted octanol–water partition coefficient (Wildman–Crippen LogP) is 3.61. The molecule has 1 amide bonds. The monoisotopic (exact) mass is 245 g/mol. The van der Waals surface area contributed by atoms with Crippen LogP contribution in [0.3, 0.4) is 0 Å². The summed E-state index contributed by atoms with van der Waals surface area (Å²) in [5, 5.41) is 0. The van der Waals surface area contributed by atoms with Crippen molar-refractivity contribution in [1.82, 2.24) is 4.90 Å². The number of carbonyl (C=O) groups excluding carboxylic acids is 1. The molecule has 1 heterocycles. The van der Waals surface area contributed by atoms with Crippen molar-refractivity contribution in [2.75, 3.05) is 13.1 Å². The highest BCUT2D eigenvalue weighted by Crippen LogP contribution is 2.23. The van der Waals surface area contributed by atoms with Crippen molar-refractivity contribution in [3.8, 4) is 0 Å². The summed E-state index contributed by atoms with van der Waals surface area (Å²) in [6.07, 6.45) is 3.54. The van der Waals surface area contributed by atoms with E-state index in [0.717, 1.165) is 31.5 Å². The maximum absolute atomic E-state index is 12.4. The molecule has 1 fully saturated rings. The second-order valence-corrected chi connectivity index (χ2v) is 6.18. The fourth-order valence-electron chi connectivity index (χ4n) is 2.40. The van der Waals surface area contributed by atoms with E-state index < -0.39 is 0 Å². The molecular weight excluding hydrogens is 222 g/mol. The Balaban J connectivity index is 2.20. The molecule has 18 heavy (non-hydrogen) atoms. The van der Waals surface area contributed by atoms with Gasteiger partial charge in [-0.1, -0.05) is 32.9 Å². The van der Waals surface area contributed by atoms with E-state index in [0.29, 0.717) is 0 Å².